The van der Waals surface area contributed by atoms with Gasteiger partial charge < -0.3 is 6.74 Å². The van der Waals surface area contributed by atoms with E-state index in [-0.39, 0.29) is 51.5 Å². The molecule has 0 spiro atoms. The summed E-state index contributed by atoms with van der Waals surface area (Å²) in [5.74, 6) is 1.23. The van der Waals surface area contributed by atoms with Crippen molar-refractivity contribution in [2.24, 2.45) is 0 Å². The van der Waals surface area contributed by atoms with Crippen LogP contribution < -0.4 is 39.2 Å². The molecule has 0 saturated carbocycles. The van der Waals surface area contributed by atoms with E-state index in [0.717, 1.165) is 34.3 Å². The zero-order valence-electron chi connectivity index (χ0n) is 30.0. The Morgan fingerprint density at radius 3 is 1.79 bits per heavy atom. The molecule has 266 valence electrons. The summed E-state index contributed by atoms with van der Waals surface area (Å²) >= 11 is 11.6. The van der Waals surface area contributed by atoms with Gasteiger partial charge in [-0.05, 0) is 46.1 Å². The summed E-state index contributed by atoms with van der Waals surface area (Å²) in [6.45, 7) is 9.45. The van der Waals surface area contributed by atoms with Gasteiger partial charge in [0.1, 0.15) is 5.82 Å². The summed E-state index contributed by atoms with van der Waals surface area (Å²) in [7, 11) is -2.13. The molecule has 6 aromatic rings. The molecule has 0 unspecified atom stereocenters. The van der Waals surface area contributed by atoms with Crippen molar-refractivity contribution in [3.63, 3.8) is 0 Å². The Kier molecular flexibility index (Phi) is 11.8. The molecule has 0 amide bonds. The van der Waals surface area contributed by atoms with Gasteiger partial charge in [0.2, 0.25) is 10.6 Å². The second-order valence-corrected chi connectivity index (χ2v) is 18.3. The van der Waals surface area contributed by atoms with Gasteiger partial charge in [-0.15, -0.1) is 0 Å². The topological polar surface area (TPSA) is 135 Å². The molecule has 10 nitrogen and oxygen atoms in total. The number of rotatable bonds is 3. The Morgan fingerprint density at radius 2 is 1.19 bits per heavy atom. The van der Waals surface area contributed by atoms with Gasteiger partial charge in [0.15, 0.2) is 5.82 Å². The molecule has 0 atom stereocenters. The second-order valence-electron chi connectivity index (χ2n) is 13.3. The minimum absolute atomic E-state index is 0. The molecule has 1 N–H and O–H groups in total. The molecule has 8 rings (SSSR count). The summed E-state index contributed by atoms with van der Waals surface area (Å²) in [6, 6.07) is 25.0. The molecule has 2 aliphatic rings. The molecule has 52 heavy (non-hydrogen) atoms. The van der Waals surface area contributed by atoms with E-state index < -0.39 is 24.5 Å². The van der Waals surface area contributed by atoms with Gasteiger partial charge in [-0.25, -0.2) is 36.1 Å². The average molecular weight is 808 g/mol. The monoisotopic (exact) mass is 806 g/mol. The van der Waals surface area contributed by atoms with E-state index in [1.165, 1.54) is 10.4 Å². The molecule has 4 aromatic carbocycles. The molecule has 16 heteroatoms. The van der Waals surface area contributed by atoms with E-state index in [1.807, 2.05) is 62.4 Å². The number of benzene rings is 4. The van der Waals surface area contributed by atoms with Crippen LogP contribution in [0.3, 0.4) is 0 Å². The molecule has 0 fully saturated rings. The van der Waals surface area contributed by atoms with Gasteiger partial charge in [0.25, 0.3) is 19.1 Å². The van der Waals surface area contributed by atoms with E-state index in [2.05, 4.69) is 39.1 Å². The maximum atomic E-state index is 13.4. The van der Waals surface area contributed by atoms with Crippen molar-refractivity contribution >= 4 is 86.1 Å². The number of anilines is 2. The molecule has 2 aliphatic heterocycles. The second kappa shape index (κ2) is 15.3. The van der Waals surface area contributed by atoms with Crippen LogP contribution in [0.5, 0.6) is 0 Å². The molecular weight excluding hydrogens is 774 g/mol. The van der Waals surface area contributed by atoms with Crippen LogP contribution in [0.25, 0.3) is 21.5 Å². The van der Waals surface area contributed by atoms with Crippen molar-refractivity contribution in [2.75, 3.05) is 22.7 Å². The zero-order valence-corrected chi connectivity index (χ0v) is 34.9. The molecule has 4 heterocycles. The molecular formula is C36H34Cl3N6NaO4S2. The Labute approximate surface area is 341 Å². The van der Waals surface area contributed by atoms with Gasteiger partial charge in [0.05, 0.1) is 9.79 Å². The van der Waals surface area contributed by atoms with Crippen LogP contribution in [0.15, 0.2) is 107 Å². The summed E-state index contributed by atoms with van der Waals surface area (Å²) in [5, 5.41) is 6.63. The maximum Gasteiger partial charge on any atom is 1.00 e. The molecule has 0 saturated heterocycles. The number of halogens is 3. The zero-order chi connectivity index (χ0) is 36.8. The van der Waals surface area contributed by atoms with Crippen molar-refractivity contribution in [3.8, 4) is 0 Å². The summed E-state index contributed by atoms with van der Waals surface area (Å²) in [5.41, 5.74) is 1.66. The van der Waals surface area contributed by atoms with Crippen molar-refractivity contribution in [1.29, 1.82) is 0 Å². The number of aromatic nitrogens is 4. The van der Waals surface area contributed by atoms with Gasteiger partial charge in [-0.3, -0.25) is 0 Å². The van der Waals surface area contributed by atoms with Gasteiger partial charge in [0, 0.05) is 68.9 Å². The Hall–Kier alpha value is -3.07. The number of nitrogens with zero attached hydrogens (tertiary/aromatic N) is 5. The minimum atomic E-state index is -3.78. The summed E-state index contributed by atoms with van der Waals surface area (Å²) < 4.78 is 50.6. The van der Waals surface area contributed by atoms with Crippen LogP contribution in [0.4, 0.5) is 11.6 Å². The first-order valence-electron chi connectivity index (χ1n) is 15.7. The van der Waals surface area contributed by atoms with Crippen molar-refractivity contribution in [1.82, 2.24) is 19.9 Å². The van der Waals surface area contributed by atoms with E-state index in [9.17, 15) is 16.8 Å². The molecule has 0 bridgehead atoms. The third-order valence-electron chi connectivity index (χ3n) is 8.76. The summed E-state index contributed by atoms with van der Waals surface area (Å²) in [6.07, 6.45) is 3.41. The third-order valence-corrected chi connectivity index (χ3v) is 12.3. The number of hydrogen-bond donors (Lipinski definition) is 1. The largest absolute Gasteiger partial charge is 1.00 e. The van der Waals surface area contributed by atoms with Gasteiger partial charge in [-0.2, -0.15) is 4.98 Å². The Bertz CT molecular complexity index is 2520. The quantitative estimate of drug-likeness (QED) is 0.140. The molecule has 0 radical (unpaired) electrons. The standard InChI is InChI=1S/C18H16ClN3O2S.C10H7ClO2S.C8H10ClN3.Na.H/c1-18(2)11-22(16-14(18)10-20-17(19)21-16)25(23,24)15-9-5-7-12-6-3-4-8-13(12)15;11-14(12,13)10-7-3-5-8-4-1-2-6-9(8)10;1-8(2)4-11-6-5(8)3-10-7(9)12-6;;/h3-10H,11H2,1-2H3;1-7H;3H,4H2,1-2H3,(H,10,11,12);;/q;;;+1;-1. The van der Waals surface area contributed by atoms with Crippen LogP contribution in [-0.4, -0.2) is 49.9 Å². The first kappa shape index (κ1) is 40.1. The van der Waals surface area contributed by atoms with Crippen LogP contribution >= 0.6 is 33.9 Å². The van der Waals surface area contributed by atoms with Gasteiger partial charge >= 0.3 is 29.6 Å². The van der Waals surface area contributed by atoms with E-state index >= 15 is 0 Å². The fourth-order valence-electron chi connectivity index (χ4n) is 6.08. The predicted octanol–water partition coefficient (Wildman–Crippen LogP) is 5.49. The smallest absolute Gasteiger partial charge is 1.00 e. The number of hydrogen-bond acceptors (Lipinski definition) is 9. The first-order valence-corrected chi connectivity index (χ1v) is 20.2. The van der Waals surface area contributed by atoms with Gasteiger partial charge in [-0.1, -0.05) is 100 Å². The van der Waals surface area contributed by atoms with Crippen LogP contribution in [0.2, 0.25) is 10.6 Å². The fourth-order valence-corrected chi connectivity index (χ4v) is 9.24. The number of nitrogens with one attached hydrogen (secondary N) is 1. The Morgan fingerprint density at radius 1 is 0.692 bits per heavy atom. The van der Waals surface area contributed by atoms with Crippen LogP contribution in [-0.2, 0) is 29.9 Å². The van der Waals surface area contributed by atoms with Crippen molar-refractivity contribution in [2.45, 2.75) is 48.3 Å². The predicted molar refractivity (Wildman–Crippen MR) is 205 cm³/mol. The van der Waals surface area contributed by atoms with E-state index in [0.29, 0.717) is 28.4 Å². The van der Waals surface area contributed by atoms with E-state index in [4.69, 9.17) is 33.9 Å². The minimum Gasteiger partial charge on any atom is -1.00 e. The van der Waals surface area contributed by atoms with Crippen LogP contribution in [0, 0.1) is 0 Å². The van der Waals surface area contributed by atoms with Crippen molar-refractivity contribution < 1.29 is 47.8 Å². The SMILES string of the molecule is CC1(C)CN(S(=O)(=O)c2cccc3ccccc23)c2nc(Cl)ncc21.CC1(C)CNc2nc(Cl)ncc21.O=S(=O)(Cl)c1cccc2ccccc12.[H-].[Na+]. The van der Waals surface area contributed by atoms with E-state index in [1.54, 1.807) is 42.7 Å². The Balaban J connectivity index is 0.000000191. The normalized spacial score (nSPS) is 15.2. The molecule has 2 aromatic heterocycles. The maximum absolute atomic E-state index is 13.4. The first-order chi connectivity index (χ1) is 24.0. The average Bonchev–Trinajstić information content (AvgIpc) is 3.54. The number of fused-ring (bicyclic) bond motifs is 4. The fraction of sp³-hybridized carbons (Fsp3) is 0.222. The summed E-state index contributed by atoms with van der Waals surface area (Å²) in [4.78, 5) is 16.7. The van der Waals surface area contributed by atoms with Crippen molar-refractivity contribution in [3.05, 3.63) is 119 Å². The van der Waals surface area contributed by atoms with Crippen LogP contribution in [0.1, 0.15) is 40.2 Å². The molecule has 0 aliphatic carbocycles. The third kappa shape index (κ3) is 8.19. The number of sulfonamides is 1.